The largest absolute Gasteiger partial charge is 0.381 e. The van der Waals surface area contributed by atoms with Crippen LogP contribution in [0, 0.1) is 0 Å². The van der Waals surface area contributed by atoms with Crippen molar-refractivity contribution >= 4 is 53.0 Å². The minimum absolute atomic E-state index is 0. The monoisotopic (exact) mass is 552 g/mol. The molecule has 0 unspecified atom stereocenters. The number of nitrogens with one attached hydrogen (secondary N) is 2. The lowest BCUT2D eigenvalue weighted by Crippen LogP contribution is -2.49. The molecule has 166 valence electrons. The molecule has 1 aromatic heterocycles. The number of thiophene rings is 1. The Labute approximate surface area is 201 Å². The number of hydrogen-bond donors (Lipinski definition) is 2. The minimum Gasteiger partial charge on any atom is -0.381 e. The Morgan fingerprint density at radius 2 is 2.07 bits per heavy atom. The fraction of sp³-hybridized carbons (Fsp3) is 0.762. The van der Waals surface area contributed by atoms with Gasteiger partial charge in [0.2, 0.25) is 0 Å². The molecule has 0 aromatic carbocycles. The van der Waals surface area contributed by atoms with Gasteiger partial charge in [-0.1, -0.05) is 6.92 Å². The van der Waals surface area contributed by atoms with Crippen molar-refractivity contribution in [2.45, 2.75) is 56.9 Å². The van der Waals surface area contributed by atoms with Gasteiger partial charge < -0.3 is 15.4 Å². The Kier molecular flexibility index (Phi) is 11.7. The van der Waals surface area contributed by atoms with Gasteiger partial charge in [0.05, 0.1) is 6.54 Å². The van der Waals surface area contributed by atoms with Crippen LogP contribution in [0.3, 0.4) is 0 Å². The molecule has 2 aliphatic heterocycles. The zero-order valence-corrected chi connectivity index (χ0v) is 21.8. The number of piperidine rings is 1. The van der Waals surface area contributed by atoms with Crippen molar-refractivity contribution < 1.29 is 4.74 Å². The molecular formula is C21H37IN4OS2. The molecule has 0 saturated carbocycles. The normalized spacial score (nSPS) is 20.8. The van der Waals surface area contributed by atoms with Crippen molar-refractivity contribution in [2.75, 3.05) is 45.1 Å². The van der Waals surface area contributed by atoms with E-state index in [9.17, 15) is 0 Å². The molecule has 0 aliphatic carbocycles. The Bertz CT molecular complexity index is 580. The number of rotatable bonds is 8. The summed E-state index contributed by atoms with van der Waals surface area (Å²) in [6, 6.07) is 2.76. The van der Waals surface area contributed by atoms with E-state index >= 15 is 0 Å². The summed E-state index contributed by atoms with van der Waals surface area (Å²) in [5, 5.41) is 11.6. The molecule has 29 heavy (non-hydrogen) atoms. The van der Waals surface area contributed by atoms with Crippen molar-refractivity contribution in [3.05, 3.63) is 22.4 Å². The molecule has 0 atom stereocenters. The summed E-state index contributed by atoms with van der Waals surface area (Å²) >= 11 is 3.85. The van der Waals surface area contributed by atoms with Gasteiger partial charge in [0.15, 0.2) is 5.96 Å². The number of hydrogen-bond acceptors (Lipinski definition) is 5. The highest BCUT2D eigenvalue weighted by Gasteiger charge is 2.32. The van der Waals surface area contributed by atoms with E-state index in [4.69, 9.17) is 9.73 Å². The zero-order valence-electron chi connectivity index (χ0n) is 17.8. The number of thioether (sulfide) groups is 1. The molecule has 0 radical (unpaired) electrons. The third kappa shape index (κ3) is 8.20. The van der Waals surface area contributed by atoms with Crippen molar-refractivity contribution in [2.24, 2.45) is 4.99 Å². The number of halogens is 1. The van der Waals surface area contributed by atoms with Crippen LogP contribution in [-0.4, -0.2) is 66.8 Å². The molecule has 2 aliphatic rings. The first-order valence-corrected chi connectivity index (χ1v) is 12.7. The van der Waals surface area contributed by atoms with E-state index in [1.165, 1.54) is 18.4 Å². The zero-order chi connectivity index (χ0) is 19.7. The van der Waals surface area contributed by atoms with Crippen LogP contribution < -0.4 is 10.6 Å². The van der Waals surface area contributed by atoms with Gasteiger partial charge in [0, 0.05) is 50.2 Å². The molecule has 2 N–H and O–H groups in total. The average Bonchev–Trinajstić information content (AvgIpc) is 3.22. The van der Waals surface area contributed by atoms with Gasteiger partial charge in [0.25, 0.3) is 0 Å². The molecule has 1 aromatic rings. The molecule has 3 rings (SSSR count). The van der Waals surface area contributed by atoms with Gasteiger partial charge in [-0.05, 0) is 60.7 Å². The fourth-order valence-corrected chi connectivity index (χ4v) is 5.89. The van der Waals surface area contributed by atoms with Gasteiger partial charge in [0.1, 0.15) is 0 Å². The highest BCUT2D eigenvalue weighted by atomic mass is 127. The van der Waals surface area contributed by atoms with Crippen molar-refractivity contribution in [3.63, 3.8) is 0 Å². The predicted octanol–water partition coefficient (Wildman–Crippen LogP) is 4.19. The molecule has 3 heterocycles. The summed E-state index contributed by atoms with van der Waals surface area (Å²) in [5.41, 5.74) is 1.45. The lowest BCUT2D eigenvalue weighted by atomic mass is 9.99. The van der Waals surface area contributed by atoms with Crippen LogP contribution in [0.2, 0.25) is 0 Å². The molecule has 5 nitrogen and oxygen atoms in total. The lowest BCUT2D eigenvalue weighted by molar-refractivity contribution is 0.0793. The van der Waals surface area contributed by atoms with Gasteiger partial charge in [-0.15, -0.1) is 24.0 Å². The smallest absolute Gasteiger partial charge is 0.191 e. The highest BCUT2D eigenvalue weighted by Crippen LogP contribution is 2.35. The summed E-state index contributed by atoms with van der Waals surface area (Å²) in [4.78, 5) is 7.58. The Morgan fingerprint density at radius 3 is 2.69 bits per heavy atom. The SMILES string of the molecule is CCNC(=NCC1(SCC)CCOCC1)NC1CCN(Cc2ccsc2)CC1.I. The molecular weight excluding hydrogens is 515 g/mol. The van der Waals surface area contributed by atoms with Crippen LogP contribution >= 0.6 is 47.1 Å². The summed E-state index contributed by atoms with van der Waals surface area (Å²) in [5.74, 6) is 2.13. The van der Waals surface area contributed by atoms with E-state index in [-0.39, 0.29) is 28.7 Å². The fourth-order valence-electron chi connectivity index (χ4n) is 4.01. The second-order valence-electron chi connectivity index (χ2n) is 7.75. The molecule has 2 fully saturated rings. The molecule has 2 saturated heterocycles. The maximum absolute atomic E-state index is 5.60. The van der Waals surface area contributed by atoms with E-state index in [1.807, 2.05) is 0 Å². The number of likely N-dealkylation sites (tertiary alicyclic amines) is 1. The maximum Gasteiger partial charge on any atom is 0.191 e. The number of ether oxygens (including phenoxy) is 1. The van der Waals surface area contributed by atoms with Gasteiger partial charge in [-0.3, -0.25) is 9.89 Å². The lowest BCUT2D eigenvalue weighted by Gasteiger charge is -2.36. The van der Waals surface area contributed by atoms with E-state index in [1.54, 1.807) is 11.3 Å². The van der Waals surface area contributed by atoms with Crippen LogP contribution in [0.4, 0.5) is 0 Å². The van der Waals surface area contributed by atoms with Crippen LogP contribution in [0.15, 0.2) is 21.8 Å². The second-order valence-corrected chi connectivity index (χ2v) is 10.3. The highest BCUT2D eigenvalue weighted by molar-refractivity contribution is 14.0. The van der Waals surface area contributed by atoms with E-state index in [2.05, 4.69) is 58.0 Å². The van der Waals surface area contributed by atoms with Crippen molar-refractivity contribution in [3.8, 4) is 0 Å². The van der Waals surface area contributed by atoms with E-state index < -0.39 is 0 Å². The summed E-state index contributed by atoms with van der Waals surface area (Å²) in [6.45, 7) is 11.3. The third-order valence-corrected chi connectivity index (χ3v) is 7.81. The number of guanidine groups is 1. The quantitative estimate of drug-likeness (QED) is 0.288. The Hall–Kier alpha value is -0.0300. The van der Waals surface area contributed by atoms with Gasteiger partial charge in [-0.2, -0.15) is 23.1 Å². The number of nitrogens with zero attached hydrogens (tertiary/aromatic N) is 2. The topological polar surface area (TPSA) is 48.9 Å². The molecule has 0 amide bonds. The Morgan fingerprint density at radius 1 is 1.31 bits per heavy atom. The van der Waals surface area contributed by atoms with Crippen LogP contribution in [-0.2, 0) is 11.3 Å². The molecule has 0 spiro atoms. The minimum atomic E-state index is 0. The number of aliphatic imine (C=N–C) groups is 1. The average molecular weight is 553 g/mol. The van der Waals surface area contributed by atoms with Gasteiger partial charge in [-0.25, -0.2) is 0 Å². The van der Waals surface area contributed by atoms with Crippen LogP contribution in [0.25, 0.3) is 0 Å². The summed E-state index contributed by atoms with van der Waals surface area (Å²) in [7, 11) is 0. The Balaban J connectivity index is 0.00000300. The van der Waals surface area contributed by atoms with E-state index in [0.717, 1.165) is 70.5 Å². The maximum atomic E-state index is 5.60. The van der Waals surface area contributed by atoms with Crippen molar-refractivity contribution in [1.29, 1.82) is 0 Å². The predicted molar refractivity (Wildman–Crippen MR) is 138 cm³/mol. The van der Waals surface area contributed by atoms with Crippen molar-refractivity contribution in [1.82, 2.24) is 15.5 Å². The van der Waals surface area contributed by atoms with Crippen LogP contribution in [0.5, 0.6) is 0 Å². The first-order chi connectivity index (χ1) is 13.7. The first-order valence-electron chi connectivity index (χ1n) is 10.7. The second kappa shape index (κ2) is 13.4. The molecule has 0 bridgehead atoms. The summed E-state index contributed by atoms with van der Waals surface area (Å²) < 4.78 is 5.85. The standard InChI is InChI=1S/C21H36N4OS2.HI/c1-3-22-20(23-17-21(28-4-2)8-12-26-13-9-21)24-19-5-10-25(11-6-19)15-18-7-14-27-16-18;/h7,14,16,19H,3-6,8-13,15,17H2,1-2H3,(H2,22,23,24);1H. The first kappa shape index (κ1) is 25.2. The van der Waals surface area contributed by atoms with Crippen LogP contribution in [0.1, 0.15) is 45.1 Å². The van der Waals surface area contributed by atoms with Gasteiger partial charge >= 0.3 is 0 Å². The third-order valence-electron chi connectivity index (χ3n) is 5.64. The molecule has 8 heteroatoms. The van der Waals surface area contributed by atoms with E-state index in [0.29, 0.717) is 6.04 Å². The summed E-state index contributed by atoms with van der Waals surface area (Å²) in [6.07, 6.45) is 4.57.